The van der Waals surface area contributed by atoms with E-state index in [9.17, 15) is 4.79 Å². The number of hydrogen-bond acceptors (Lipinski definition) is 3. The van der Waals surface area contributed by atoms with E-state index in [0.717, 1.165) is 38.9 Å². The van der Waals surface area contributed by atoms with Gasteiger partial charge in [-0.15, -0.1) is 0 Å². The molecule has 0 aliphatic rings. The number of nitrogens with zero attached hydrogens (tertiary/aromatic N) is 2. The average Bonchev–Trinajstić information content (AvgIpc) is 2.92. The fourth-order valence-electron chi connectivity index (χ4n) is 4.56. The highest BCUT2D eigenvalue weighted by molar-refractivity contribution is 6.03. The third-order valence-electron chi connectivity index (χ3n) is 7.52. The minimum atomic E-state index is -0.109. The minimum Gasteiger partial charge on any atom is -0.349 e. The number of nitrogens with one attached hydrogen (secondary N) is 1. The summed E-state index contributed by atoms with van der Waals surface area (Å²) in [6.45, 7) is 12.6. The van der Waals surface area contributed by atoms with Crippen LogP contribution in [0.2, 0.25) is 0 Å². The topological polar surface area (TPSA) is 54.9 Å². The Morgan fingerprint density at radius 1 is 0.718 bits per heavy atom. The summed E-state index contributed by atoms with van der Waals surface area (Å²) in [5.41, 5.74) is 10.3. The van der Waals surface area contributed by atoms with Gasteiger partial charge >= 0.3 is 0 Å². The van der Waals surface area contributed by atoms with E-state index in [1.807, 2.05) is 31.2 Å². The lowest BCUT2D eigenvalue weighted by Crippen LogP contribution is -2.41. The van der Waals surface area contributed by atoms with Gasteiger partial charge in [-0.05, 0) is 43.4 Å². The fourth-order valence-corrected chi connectivity index (χ4v) is 4.56. The zero-order valence-electron chi connectivity index (χ0n) is 23.5. The van der Waals surface area contributed by atoms with Crippen molar-refractivity contribution >= 4 is 16.9 Å². The van der Waals surface area contributed by atoms with Gasteiger partial charge in [-0.1, -0.05) is 111 Å². The highest BCUT2D eigenvalue weighted by Crippen LogP contribution is 2.35. The number of carbonyl (C=O) groups excluding carboxylic acids is 1. The van der Waals surface area contributed by atoms with Crippen LogP contribution in [0.15, 0.2) is 91.1 Å². The van der Waals surface area contributed by atoms with Gasteiger partial charge < -0.3 is 5.32 Å². The first kappa shape index (κ1) is 26.3. The first-order valence-electron chi connectivity index (χ1n) is 13.5. The molecule has 0 saturated heterocycles. The average molecular weight is 514 g/mol. The second-order valence-corrected chi connectivity index (χ2v) is 11.5. The molecule has 5 aromatic rings. The molecule has 0 spiro atoms. The van der Waals surface area contributed by atoms with Gasteiger partial charge in [0.1, 0.15) is 0 Å². The van der Waals surface area contributed by atoms with Gasteiger partial charge in [0.05, 0.1) is 22.9 Å². The first-order valence-corrected chi connectivity index (χ1v) is 13.5. The molecule has 0 radical (unpaired) electrons. The molecule has 1 N–H and O–H groups in total. The number of benzene rings is 4. The highest BCUT2D eigenvalue weighted by Gasteiger charge is 2.24. The Morgan fingerprint density at radius 2 is 1.26 bits per heavy atom. The number of aryl methyl sites for hydroxylation is 2. The van der Waals surface area contributed by atoms with Crippen molar-refractivity contribution in [1.82, 2.24) is 15.3 Å². The molecule has 1 amide bonds. The van der Waals surface area contributed by atoms with Crippen LogP contribution in [0.1, 0.15) is 49.2 Å². The van der Waals surface area contributed by atoms with Crippen LogP contribution in [0.25, 0.3) is 44.5 Å². The van der Waals surface area contributed by atoms with E-state index in [4.69, 9.17) is 9.97 Å². The predicted molar refractivity (Wildman–Crippen MR) is 162 cm³/mol. The maximum atomic E-state index is 13.4. The van der Waals surface area contributed by atoms with Crippen LogP contribution in [0.4, 0.5) is 0 Å². The van der Waals surface area contributed by atoms with Crippen molar-refractivity contribution in [2.45, 2.75) is 47.6 Å². The molecule has 1 heterocycles. The molecule has 4 aromatic carbocycles. The molecule has 0 saturated carbocycles. The fraction of sp³-hybridized carbons (Fsp3) is 0.229. The zero-order chi connectivity index (χ0) is 27.7. The summed E-state index contributed by atoms with van der Waals surface area (Å²) in [4.78, 5) is 23.5. The van der Waals surface area contributed by atoms with E-state index in [2.05, 4.69) is 101 Å². The van der Waals surface area contributed by atoms with Crippen LogP contribution in [-0.4, -0.2) is 21.9 Å². The lowest BCUT2D eigenvalue weighted by Gasteiger charge is -2.28. The van der Waals surface area contributed by atoms with E-state index in [1.165, 1.54) is 11.1 Å². The predicted octanol–water partition coefficient (Wildman–Crippen LogP) is 8.41. The molecule has 1 aromatic heterocycles. The largest absolute Gasteiger partial charge is 0.349 e. The molecule has 1 atom stereocenters. The molecule has 5 rings (SSSR count). The summed E-state index contributed by atoms with van der Waals surface area (Å²) >= 11 is 0. The van der Waals surface area contributed by atoms with Gasteiger partial charge in [0.15, 0.2) is 0 Å². The van der Waals surface area contributed by atoms with E-state index in [0.29, 0.717) is 11.3 Å². The Balaban J connectivity index is 1.68. The van der Waals surface area contributed by atoms with Crippen LogP contribution in [0.3, 0.4) is 0 Å². The van der Waals surface area contributed by atoms with Crippen LogP contribution in [0, 0.1) is 19.3 Å². The molecule has 0 fully saturated rings. The van der Waals surface area contributed by atoms with Crippen LogP contribution < -0.4 is 5.32 Å². The zero-order valence-corrected chi connectivity index (χ0v) is 23.5. The van der Waals surface area contributed by atoms with E-state index in [-0.39, 0.29) is 17.4 Å². The van der Waals surface area contributed by atoms with Crippen LogP contribution in [0.5, 0.6) is 0 Å². The van der Waals surface area contributed by atoms with Gasteiger partial charge in [0.2, 0.25) is 0 Å². The molecule has 196 valence electrons. The van der Waals surface area contributed by atoms with Crippen molar-refractivity contribution in [3.05, 3.63) is 108 Å². The second-order valence-electron chi connectivity index (χ2n) is 11.5. The number of rotatable bonds is 5. The Morgan fingerprint density at radius 3 is 1.82 bits per heavy atom. The lowest BCUT2D eigenvalue weighted by molar-refractivity contribution is 0.0910. The van der Waals surface area contributed by atoms with Crippen molar-refractivity contribution in [3.63, 3.8) is 0 Å². The van der Waals surface area contributed by atoms with Crippen molar-refractivity contribution in [3.8, 4) is 33.5 Å². The third kappa shape index (κ3) is 5.46. The van der Waals surface area contributed by atoms with E-state index >= 15 is 0 Å². The Kier molecular flexibility index (Phi) is 7.05. The van der Waals surface area contributed by atoms with Gasteiger partial charge in [-0.25, -0.2) is 4.98 Å². The van der Waals surface area contributed by atoms with Crippen molar-refractivity contribution < 1.29 is 4.79 Å². The summed E-state index contributed by atoms with van der Waals surface area (Å²) in [6.07, 6.45) is 1.79. The van der Waals surface area contributed by atoms with Crippen molar-refractivity contribution in [2.75, 3.05) is 0 Å². The van der Waals surface area contributed by atoms with E-state index < -0.39 is 0 Å². The molecule has 0 bridgehead atoms. The minimum absolute atomic E-state index is 0.00551. The van der Waals surface area contributed by atoms with Gasteiger partial charge in [-0.2, -0.15) is 0 Å². The van der Waals surface area contributed by atoms with Crippen molar-refractivity contribution in [1.29, 1.82) is 0 Å². The number of carbonyl (C=O) groups is 1. The summed E-state index contributed by atoms with van der Waals surface area (Å²) in [7, 11) is 0. The Labute approximate surface area is 231 Å². The number of fused-ring (bicyclic) bond motifs is 1. The second kappa shape index (κ2) is 10.5. The van der Waals surface area contributed by atoms with Crippen molar-refractivity contribution in [2.24, 2.45) is 5.41 Å². The summed E-state index contributed by atoms with van der Waals surface area (Å²) in [5, 5.41) is 3.17. The van der Waals surface area contributed by atoms with Gasteiger partial charge in [0.25, 0.3) is 5.91 Å². The third-order valence-corrected chi connectivity index (χ3v) is 7.52. The molecule has 0 aliphatic carbocycles. The molecular formula is C35H35N3O. The Bertz CT molecular complexity index is 1650. The summed E-state index contributed by atoms with van der Waals surface area (Å²) in [5.74, 6) is -0.109. The normalized spacial score (nSPS) is 12.4. The molecule has 39 heavy (non-hydrogen) atoms. The molecule has 0 unspecified atom stereocenters. The first-order chi connectivity index (χ1) is 18.6. The SMILES string of the molecule is Cc1ccc(-c2ccc(-c3ccc(C)cc3)c3nc(-c4ccccc4C(=O)N[C@@H](C)C(C)(C)C)cnc23)cc1. The molecule has 4 heteroatoms. The maximum Gasteiger partial charge on any atom is 0.252 e. The number of amides is 1. The lowest BCUT2D eigenvalue weighted by atomic mass is 9.88. The monoisotopic (exact) mass is 513 g/mol. The summed E-state index contributed by atoms with van der Waals surface area (Å²) in [6, 6.07) is 28.9. The maximum absolute atomic E-state index is 13.4. The molecule has 4 nitrogen and oxygen atoms in total. The Hall–Kier alpha value is -4.31. The van der Waals surface area contributed by atoms with Gasteiger partial charge in [0, 0.05) is 28.3 Å². The quantitative estimate of drug-likeness (QED) is 0.257. The smallest absolute Gasteiger partial charge is 0.252 e. The summed E-state index contributed by atoms with van der Waals surface area (Å²) < 4.78 is 0. The highest BCUT2D eigenvalue weighted by atomic mass is 16.1. The van der Waals surface area contributed by atoms with Gasteiger partial charge in [-0.3, -0.25) is 9.78 Å². The standard InChI is InChI=1S/C35H35N3O/c1-22-11-15-25(16-12-22)27-19-20-28(26-17-13-23(2)14-18-26)33-32(27)36-21-31(38-33)29-9-7-8-10-30(29)34(39)37-24(3)35(4,5)6/h7-21,24H,1-6H3,(H,37,39)/t24-/m0/s1. The molecule has 0 aliphatic heterocycles. The number of hydrogen-bond donors (Lipinski definition) is 1. The van der Waals surface area contributed by atoms with Crippen LogP contribution in [-0.2, 0) is 0 Å². The van der Waals surface area contributed by atoms with Crippen LogP contribution >= 0.6 is 0 Å². The molecular weight excluding hydrogens is 478 g/mol. The van der Waals surface area contributed by atoms with E-state index in [1.54, 1.807) is 6.20 Å². The number of aromatic nitrogens is 2.